The third kappa shape index (κ3) is 2.69. The van der Waals surface area contributed by atoms with Crippen LogP contribution in [-0.2, 0) is 7.05 Å². The number of fused-ring (bicyclic) bond motifs is 4. The number of carbonyl (C=O) groups is 3. The fourth-order valence-electron chi connectivity index (χ4n) is 3.94. The zero-order valence-corrected chi connectivity index (χ0v) is 16.1. The van der Waals surface area contributed by atoms with Crippen LogP contribution in [0.2, 0.25) is 0 Å². The number of rotatable bonds is 2. The molecule has 146 valence electrons. The summed E-state index contributed by atoms with van der Waals surface area (Å²) >= 11 is 0. The Morgan fingerprint density at radius 1 is 0.767 bits per heavy atom. The lowest BCUT2D eigenvalue weighted by Gasteiger charge is -2.08. The molecule has 0 saturated carbocycles. The Hall–Kier alpha value is -4.19. The highest BCUT2D eigenvalue weighted by Gasteiger charge is 2.27. The van der Waals surface area contributed by atoms with E-state index in [4.69, 9.17) is 0 Å². The molecular weight excluding hydrogens is 378 g/mol. The average Bonchev–Trinajstić information content (AvgIpc) is 3.27. The molecule has 0 unspecified atom stereocenters. The Bertz CT molecular complexity index is 1370. The molecule has 0 atom stereocenters. The number of aromatic nitrogens is 1. The number of hydrogen-bond donors (Lipinski definition) is 2. The van der Waals surface area contributed by atoms with E-state index in [9.17, 15) is 14.4 Å². The Balaban J connectivity index is 1.35. The lowest BCUT2D eigenvalue weighted by molar-refractivity contribution is 0.0847. The van der Waals surface area contributed by atoms with E-state index in [1.165, 1.54) is 0 Å². The van der Waals surface area contributed by atoms with Crippen molar-refractivity contribution in [3.8, 4) is 11.1 Å². The second-order valence-corrected chi connectivity index (χ2v) is 7.21. The Labute approximate surface area is 172 Å². The second-order valence-electron chi connectivity index (χ2n) is 7.21. The quantitative estimate of drug-likeness (QED) is 0.449. The van der Waals surface area contributed by atoms with Crippen molar-refractivity contribution in [2.75, 3.05) is 0 Å². The first kappa shape index (κ1) is 17.9. The largest absolute Gasteiger partial charge is 0.350 e. The highest BCUT2D eigenvalue weighted by atomic mass is 16.2. The number of aryl methyl sites for hydroxylation is 1. The zero-order valence-electron chi connectivity index (χ0n) is 16.1. The zero-order chi connectivity index (χ0) is 20.8. The number of carbonyl (C=O) groups excluding carboxylic acids is 3. The first-order valence-corrected chi connectivity index (χ1v) is 9.47. The van der Waals surface area contributed by atoms with Crippen molar-refractivity contribution in [3.05, 3.63) is 95.2 Å². The Kier molecular flexibility index (Phi) is 3.99. The summed E-state index contributed by atoms with van der Waals surface area (Å²) in [5.41, 5.74) is 9.39. The van der Waals surface area contributed by atoms with Gasteiger partial charge in [-0.15, -0.1) is 0 Å². The maximum Gasteiger partial charge on any atom is 0.271 e. The summed E-state index contributed by atoms with van der Waals surface area (Å²) in [6, 6.07) is 19.9. The van der Waals surface area contributed by atoms with Gasteiger partial charge >= 0.3 is 0 Å². The second kappa shape index (κ2) is 6.70. The summed E-state index contributed by atoms with van der Waals surface area (Å²) in [6.07, 6.45) is 1.72. The van der Waals surface area contributed by atoms with Crippen LogP contribution in [0.15, 0.2) is 72.9 Å². The SMILES string of the molecule is Cn1cc(C(=O)NNC(=O)c2ccc3c(c2)C(=O)c2ccccc2-3)c2ccccc21. The van der Waals surface area contributed by atoms with Gasteiger partial charge in [0.2, 0.25) is 0 Å². The van der Waals surface area contributed by atoms with E-state index in [0.29, 0.717) is 22.3 Å². The number of nitrogens with one attached hydrogen (secondary N) is 2. The van der Waals surface area contributed by atoms with Gasteiger partial charge in [0.1, 0.15) is 0 Å². The van der Waals surface area contributed by atoms with Gasteiger partial charge in [0, 0.05) is 40.8 Å². The van der Waals surface area contributed by atoms with Crippen LogP contribution in [0, 0.1) is 0 Å². The molecule has 1 heterocycles. The Morgan fingerprint density at radius 2 is 1.43 bits per heavy atom. The number of benzene rings is 3. The molecule has 6 nitrogen and oxygen atoms in total. The number of amides is 2. The molecule has 2 N–H and O–H groups in total. The van der Waals surface area contributed by atoms with Crippen molar-refractivity contribution in [3.63, 3.8) is 0 Å². The van der Waals surface area contributed by atoms with Gasteiger partial charge in [0.25, 0.3) is 11.8 Å². The van der Waals surface area contributed by atoms with E-state index in [1.54, 1.807) is 30.5 Å². The minimum absolute atomic E-state index is 0.102. The standard InChI is InChI=1S/C24H17N3O3/c1-27-13-20(17-7-4-5-9-21(17)27)24(30)26-25-23(29)14-10-11-16-15-6-2-3-8-18(15)22(28)19(16)12-14/h2-13H,1H3,(H,25,29)(H,26,30). The summed E-state index contributed by atoms with van der Waals surface area (Å²) in [4.78, 5) is 37.8. The molecule has 1 aliphatic rings. The summed E-state index contributed by atoms with van der Waals surface area (Å²) in [6.45, 7) is 0. The molecular formula is C24H17N3O3. The maximum atomic E-state index is 12.6. The van der Waals surface area contributed by atoms with Crippen LogP contribution >= 0.6 is 0 Å². The van der Waals surface area contributed by atoms with Gasteiger partial charge in [0.15, 0.2) is 5.78 Å². The van der Waals surface area contributed by atoms with Gasteiger partial charge < -0.3 is 4.57 Å². The lowest BCUT2D eigenvalue weighted by Crippen LogP contribution is -2.41. The molecule has 0 radical (unpaired) electrons. The van der Waals surface area contributed by atoms with E-state index >= 15 is 0 Å². The van der Waals surface area contributed by atoms with Crippen LogP contribution in [0.4, 0.5) is 0 Å². The molecule has 0 aliphatic heterocycles. The summed E-state index contributed by atoms with van der Waals surface area (Å²) in [5.74, 6) is -1.00. The maximum absolute atomic E-state index is 12.6. The van der Waals surface area contributed by atoms with E-state index in [1.807, 2.05) is 54.1 Å². The van der Waals surface area contributed by atoms with Gasteiger partial charge in [-0.2, -0.15) is 0 Å². The topological polar surface area (TPSA) is 80.2 Å². The molecule has 4 aromatic rings. The number of ketones is 1. The number of hydrogen-bond acceptors (Lipinski definition) is 3. The minimum Gasteiger partial charge on any atom is -0.350 e. The molecule has 2 amide bonds. The number of hydrazine groups is 1. The molecule has 6 heteroatoms. The fraction of sp³-hybridized carbons (Fsp3) is 0.0417. The van der Waals surface area contributed by atoms with Gasteiger partial charge in [0.05, 0.1) is 5.56 Å². The smallest absolute Gasteiger partial charge is 0.271 e. The first-order chi connectivity index (χ1) is 14.5. The van der Waals surface area contributed by atoms with Crippen LogP contribution in [0.1, 0.15) is 36.6 Å². The Morgan fingerprint density at radius 3 is 2.27 bits per heavy atom. The van der Waals surface area contributed by atoms with Crippen LogP contribution in [0.5, 0.6) is 0 Å². The molecule has 0 saturated heterocycles. The van der Waals surface area contributed by atoms with Crippen molar-refractivity contribution >= 4 is 28.5 Å². The molecule has 0 fully saturated rings. The van der Waals surface area contributed by atoms with E-state index in [2.05, 4.69) is 10.9 Å². The molecule has 0 bridgehead atoms. The molecule has 5 rings (SSSR count). The first-order valence-electron chi connectivity index (χ1n) is 9.47. The molecule has 0 spiro atoms. The van der Waals surface area contributed by atoms with Gasteiger partial charge in [-0.3, -0.25) is 25.2 Å². The number of para-hydroxylation sites is 1. The van der Waals surface area contributed by atoms with Crippen LogP contribution < -0.4 is 10.9 Å². The average molecular weight is 395 g/mol. The van der Waals surface area contributed by atoms with Crippen LogP contribution in [0.3, 0.4) is 0 Å². The summed E-state index contributed by atoms with van der Waals surface area (Å²) in [5, 5.41) is 0.799. The predicted molar refractivity (Wildman–Crippen MR) is 113 cm³/mol. The van der Waals surface area contributed by atoms with Crippen molar-refractivity contribution in [2.45, 2.75) is 0 Å². The third-order valence-electron chi connectivity index (χ3n) is 5.42. The minimum atomic E-state index is -0.491. The highest BCUT2D eigenvalue weighted by molar-refractivity contribution is 6.22. The van der Waals surface area contributed by atoms with E-state index in [0.717, 1.165) is 22.0 Å². The van der Waals surface area contributed by atoms with Crippen LogP contribution in [0.25, 0.3) is 22.0 Å². The van der Waals surface area contributed by atoms with Gasteiger partial charge in [-0.05, 0) is 29.3 Å². The van der Waals surface area contributed by atoms with Crippen LogP contribution in [-0.4, -0.2) is 22.2 Å². The summed E-state index contributed by atoms with van der Waals surface area (Å²) < 4.78 is 1.86. The molecule has 1 aromatic heterocycles. The molecule has 3 aromatic carbocycles. The van der Waals surface area contributed by atoms with Crippen molar-refractivity contribution in [1.82, 2.24) is 15.4 Å². The van der Waals surface area contributed by atoms with Crippen molar-refractivity contribution in [2.24, 2.45) is 7.05 Å². The molecule has 30 heavy (non-hydrogen) atoms. The third-order valence-corrected chi connectivity index (χ3v) is 5.42. The predicted octanol–water partition coefficient (Wildman–Crippen LogP) is 3.46. The highest BCUT2D eigenvalue weighted by Crippen LogP contribution is 2.36. The monoisotopic (exact) mass is 395 g/mol. The summed E-state index contributed by atoms with van der Waals surface area (Å²) in [7, 11) is 1.86. The lowest BCUT2D eigenvalue weighted by atomic mass is 10.0. The van der Waals surface area contributed by atoms with Crippen molar-refractivity contribution < 1.29 is 14.4 Å². The molecule has 1 aliphatic carbocycles. The normalized spacial score (nSPS) is 11.8. The van der Waals surface area contributed by atoms with Gasteiger partial charge in [-0.25, -0.2) is 0 Å². The van der Waals surface area contributed by atoms with E-state index in [-0.39, 0.29) is 5.78 Å². The fourth-order valence-corrected chi connectivity index (χ4v) is 3.94. The van der Waals surface area contributed by atoms with Gasteiger partial charge in [-0.1, -0.05) is 48.5 Å². The number of nitrogens with zero attached hydrogens (tertiary/aromatic N) is 1. The van der Waals surface area contributed by atoms with E-state index < -0.39 is 11.8 Å². The van der Waals surface area contributed by atoms with Crippen molar-refractivity contribution in [1.29, 1.82) is 0 Å².